The average Bonchev–Trinajstić information content (AvgIpc) is 3.13. The monoisotopic (exact) mass is 701 g/mol. The fourth-order valence-corrected chi connectivity index (χ4v) is 7.62. The molecule has 5 rings (SSSR count). The summed E-state index contributed by atoms with van der Waals surface area (Å²) in [5, 5.41) is 3.21. The second-order valence-corrected chi connectivity index (χ2v) is 14.2. The number of methoxy groups -OCH3 is 1. The van der Waals surface area contributed by atoms with Gasteiger partial charge in [0, 0.05) is 19.0 Å². The van der Waals surface area contributed by atoms with Gasteiger partial charge in [0.1, 0.15) is 29.9 Å². The van der Waals surface area contributed by atoms with E-state index in [1.165, 1.54) is 17.0 Å². The fraction of sp³-hybridized carbons (Fsp3) is 0.333. The van der Waals surface area contributed by atoms with Gasteiger partial charge in [-0.05, 0) is 91.6 Å². The van der Waals surface area contributed by atoms with Crippen LogP contribution in [0.2, 0.25) is 0 Å². The topological polar surface area (TPSA) is 105 Å². The number of sulfonamides is 1. The summed E-state index contributed by atoms with van der Waals surface area (Å²) in [7, 11) is -2.83. The molecule has 9 nitrogen and oxygen atoms in total. The Hall–Kier alpha value is -4.90. The van der Waals surface area contributed by atoms with Crippen molar-refractivity contribution in [2.75, 3.05) is 24.6 Å². The van der Waals surface area contributed by atoms with E-state index in [1.807, 2.05) is 43.3 Å². The first-order chi connectivity index (χ1) is 24.2. The number of hydrogen-bond acceptors (Lipinski definition) is 6. The van der Waals surface area contributed by atoms with Crippen LogP contribution in [0.15, 0.2) is 108 Å². The number of carbonyl (C=O) groups excluding carboxylic acids is 2. The lowest BCUT2D eigenvalue weighted by molar-refractivity contribution is -0.140. The van der Waals surface area contributed by atoms with Gasteiger partial charge >= 0.3 is 0 Å². The highest BCUT2D eigenvalue weighted by atomic mass is 32.2. The molecule has 1 atom stereocenters. The Morgan fingerprint density at radius 3 is 2.20 bits per heavy atom. The number of nitrogens with one attached hydrogen (secondary N) is 1. The lowest BCUT2D eigenvalue weighted by atomic mass is 9.94. The Morgan fingerprint density at radius 2 is 1.54 bits per heavy atom. The normalized spacial score (nSPS) is 14.0. The second-order valence-electron chi connectivity index (χ2n) is 12.3. The largest absolute Gasteiger partial charge is 0.497 e. The van der Waals surface area contributed by atoms with Crippen LogP contribution in [-0.4, -0.2) is 57.5 Å². The summed E-state index contributed by atoms with van der Waals surface area (Å²) >= 11 is 0. The summed E-state index contributed by atoms with van der Waals surface area (Å²) in [6.45, 7) is 1.64. The molecular weight excluding hydrogens is 658 g/mol. The summed E-state index contributed by atoms with van der Waals surface area (Å²) in [5.41, 5.74) is 1.76. The molecule has 11 heteroatoms. The van der Waals surface area contributed by atoms with Crippen molar-refractivity contribution in [1.82, 2.24) is 10.2 Å². The number of amides is 2. The molecule has 0 radical (unpaired) electrons. The number of nitrogens with zero attached hydrogens (tertiary/aromatic N) is 2. The van der Waals surface area contributed by atoms with Crippen molar-refractivity contribution in [3.05, 3.63) is 120 Å². The van der Waals surface area contributed by atoms with Gasteiger partial charge in [0.15, 0.2) is 0 Å². The molecule has 1 fully saturated rings. The number of carbonyl (C=O) groups is 2. The van der Waals surface area contributed by atoms with Gasteiger partial charge in [-0.15, -0.1) is 0 Å². The summed E-state index contributed by atoms with van der Waals surface area (Å²) in [5.74, 6) is -0.373. The molecule has 4 aromatic rings. The zero-order valence-electron chi connectivity index (χ0n) is 28.5. The van der Waals surface area contributed by atoms with Crippen LogP contribution in [0.1, 0.15) is 50.2 Å². The van der Waals surface area contributed by atoms with Gasteiger partial charge in [0.25, 0.3) is 10.0 Å². The van der Waals surface area contributed by atoms with Gasteiger partial charge in [-0.25, -0.2) is 12.8 Å². The predicted molar refractivity (Wildman–Crippen MR) is 191 cm³/mol. The highest BCUT2D eigenvalue weighted by molar-refractivity contribution is 7.92. The summed E-state index contributed by atoms with van der Waals surface area (Å²) in [6, 6.07) is 26.5. The van der Waals surface area contributed by atoms with E-state index in [9.17, 15) is 22.4 Å². The molecule has 2 amide bonds. The van der Waals surface area contributed by atoms with Crippen molar-refractivity contribution in [2.24, 2.45) is 0 Å². The zero-order valence-corrected chi connectivity index (χ0v) is 29.3. The quantitative estimate of drug-likeness (QED) is 0.152. The number of benzene rings is 4. The predicted octanol–water partition coefficient (Wildman–Crippen LogP) is 6.52. The maximum Gasteiger partial charge on any atom is 0.264 e. The van der Waals surface area contributed by atoms with Crippen LogP contribution in [0, 0.1) is 5.82 Å². The third-order valence-corrected chi connectivity index (χ3v) is 10.6. The minimum atomic E-state index is -4.38. The van der Waals surface area contributed by atoms with E-state index in [0.717, 1.165) is 54.1 Å². The third-order valence-electron chi connectivity index (χ3n) is 8.83. The minimum absolute atomic E-state index is 0.0116. The van der Waals surface area contributed by atoms with Crippen molar-refractivity contribution in [1.29, 1.82) is 0 Å². The van der Waals surface area contributed by atoms with Gasteiger partial charge < -0.3 is 19.7 Å². The Kier molecular flexibility index (Phi) is 12.5. The average molecular weight is 702 g/mol. The van der Waals surface area contributed by atoms with E-state index in [0.29, 0.717) is 23.7 Å². The molecule has 0 spiro atoms. The molecule has 1 saturated carbocycles. The highest BCUT2D eigenvalue weighted by Gasteiger charge is 2.35. The van der Waals surface area contributed by atoms with Gasteiger partial charge in [0.2, 0.25) is 11.8 Å². The Bertz CT molecular complexity index is 1820. The van der Waals surface area contributed by atoms with E-state index in [2.05, 4.69) is 5.32 Å². The maximum atomic E-state index is 14.7. The van der Waals surface area contributed by atoms with Gasteiger partial charge in [-0.3, -0.25) is 13.9 Å². The molecule has 50 heavy (non-hydrogen) atoms. The summed E-state index contributed by atoms with van der Waals surface area (Å²) < 4.78 is 54.3. The first kappa shape index (κ1) is 36.4. The van der Waals surface area contributed by atoms with Crippen molar-refractivity contribution in [3.63, 3.8) is 0 Å². The Balaban J connectivity index is 1.57. The van der Waals surface area contributed by atoms with E-state index in [-0.39, 0.29) is 35.5 Å². The van der Waals surface area contributed by atoms with E-state index in [4.69, 9.17) is 9.47 Å². The molecule has 0 aliphatic heterocycles. The molecule has 0 saturated heterocycles. The van der Waals surface area contributed by atoms with Crippen LogP contribution in [0.25, 0.3) is 0 Å². The zero-order chi connectivity index (χ0) is 35.5. The number of rotatable bonds is 15. The van der Waals surface area contributed by atoms with E-state index in [1.54, 1.807) is 49.6 Å². The number of halogens is 1. The van der Waals surface area contributed by atoms with E-state index < -0.39 is 34.3 Å². The first-order valence-corrected chi connectivity index (χ1v) is 18.4. The molecule has 1 N–H and O–H groups in total. The smallest absolute Gasteiger partial charge is 0.264 e. The lowest BCUT2D eigenvalue weighted by Gasteiger charge is -2.35. The van der Waals surface area contributed by atoms with E-state index >= 15 is 0 Å². The third kappa shape index (κ3) is 9.41. The van der Waals surface area contributed by atoms with Gasteiger partial charge in [-0.1, -0.05) is 61.7 Å². The van der Waals surface area contributed by atoms with Gasteiger partial charge in [0.05, 0.1) is 24.3 Å². The lowest BCUT2D eigenvalue weighted by Crippen LogP contribution is -2.55. The first-order valence-electron chi connectivity index (χ1n) is 17.0. The summed E-state index contributed by atoms with van der Waals surface area (Å²) in [6.07, 6.45) is 5.06. The molecule has 0 heterocycles. The molecular formula is C39H44FN3O6S. The van der Waals surface area contributed by atoms with Crippen molar-refractivity contribution < 1.29 is 31.9 Å². The van der Waals surface area contributed by atoms with Crippen LogP contribution in [0.5, 0.6) is 11.5 Å². The molecule has 0 bridgehead atoms. The molecule has 1 unspecified atom stereocenters. The fourth-order valence-electron chi connectivity index (χ4n) is 6.20. The molecule has 1 aliphatic carbocycles. The Morgan fingerprint density at radius 1 is 0.860 bits per heavy atom. The Labute approximate surface area is 294 Å². The number of hydrogen-bond donors (Lipinski definition) is 1. The van der Waals surface area contributed by atoms with Crippen LogP contribution in [0.4, 0.5) is 10.1 Å². The SMILES string of the molecule is CCOc1ccc(N(CC(=O)N(Cc2cccc(OC)c2)C(Cc2ccccc2)C(=O)NC2CCCCC2)S(=O)(=O)c2ccc(F)cc2)cc1. The van der Waals surface area contributed by atoms with Crippen molar-refractivity contribution in [3.8, 4) is 11.5 Å². The van der Waals surface area contributed by atoms with Crippen molar-refractivity contribution >= 4 is 27.5 Å². The molecule has 1 aliphatic rings. The highest BCUT2D eigenvalue weighted by Crippen LogP contribution is 2.28. The maximum absolute atomic E-state index is 14.7. The second kappa shape index (κ2) is 17.2. The minimum Gasteiger partial charge on any atom is -0.497 e. The van der Waals surface area contributed by atoms with Crippen LogP contribution in [-0.2, 0) is 32.6 Å². The van der Waals surface area contributed by atoms with Crippen LogP contribution in [0.3, 0.4) is 0 Å². The number of ether oxygens (including phenoxy) is 2. The van der Waals surface area contributed by atoms with Gasteiger partial charge in [-0.2, -0.15) is 0 Å². The van der Waals surface area contributed by atoms with Crippen LogP contribution >= 0.6 is 0 Å². The molecule has 4 aromatic carbocycles. The summed E-state index contributed by atoms with van der Waals surface area (Å²) in [4.78, 5) is 30.3. The standard InChI is InChI=1S/C39H44FN3O6S/c1-3-49-34-21-19-33(20-22-34)43(50(46,47)36-23-17-31(40)18-24-36)28-38(44)42(27-30-13-10-16-35(25-30)48-2)37(26-29-11-6-4-7-12-29)39(45)41-32-14-8-5-9-15-32/h4,6-7,10-13,16-25,32,37H,3,5,8-9,14-15,26-28H2,1-2H3,(H,41,45). The molecule has 264 valence electrons. The number of anilines is 1. The molecule has 0 aromatic heterocycles. The van der Waals surface area contributed by atoms with Crippen molar-refractivity contribution in [2.45, 2.75) is 69.0 Å². The van der Waals surface area contributed by atoms with Crippen LogP contribution < -0.4 is 19.1 Å².